The van der Waals surface area contributed by atoms with Crippen LogP contribution in [0.3, 0.4) is 0 Å². The van der Waals surface area contributed by atoms with E-state index in [0.717, 1.165) is 30.5 Å². The van der Waals surface area contributed by atoms with Gasteiger partial charge in [0.05, 0.1) is 0 Å². The molecule has 0 aliphatic heterocycles. The van der Waals surface area contributed by atoms with E-state index in [-0.39, 0.29) is 17.7 Å². The molecule has 1 aliphatic carbocycles. The minimum absolute atomic E-state index is 0.0636. The number of carbonyl (C=O) groups is 2. The van der Waals surface area contributed by atoms with Crippen LogP contribution in [0.5, 0.6) is 0 Å². The average Bonchev–Trinajstić information content (AvgIpc) is 2.94. The fraction of sp³-hybridized carbons (Fsp3) is 0.500. The number of rotatable bonds is 5. The molecule has 2 rings (SSSR count). The van der Waals surface area contributed by atoms with E-state index in [2.05, 4.69) is 10.6 Å². The SMILES string of the molecule is CC(=O)Nc1ccc(CNC(=O)[C@@H]2CCC[C@@H]2CN)cc1. The van der Waals surface area contributed by atoms with Crippen LogP contribution >= 0.6 is 0 Å². The average molecular weight is 289 g/mol. The molecule has 1 fully saturated rings. The van der Waals surface area contributed by atoms with Gasteiger partial charge in [-0.25, -0.2) is 0 Å². The Bertz CT molecular complexity index is 499. The Hall–Kier alpha value is -1.88. The van der Waals surface area contributed by atoms with Gasteiger partial charge in [-0.1, -0.05) is 18.6 Å². The molecule has 0 bridgehead atoms. The number of hydrogen-bond acceptors (Lipinski definition) is 3. The molecule has 114 valence electrons. The maximum absolute atomic E-state index is 12.2. The van der Waals surface area contributed by atoms with Crippen molar-refractivity contribution in [2.24, 2.45) is 17.6 Å². The van der Waals surface area contributed by atoms with Crippen LogP contribution in [0.1, 0.15) is 31.7 Å². The van der Waals surface area contributed by atoms with E-state index in [1.165, 1.54) is 6.92 Å². The van der Waals surface area contributed by atoms with Gasteiger partial charge >= 0.3 is 0 Å². The Balaban J connectivity index is 1.85. The van der Waals surface area contributed by atoms with Crippen LogP contribution in [0.4, 0.5) is 5.69 Å². The zero-order chi connectivity index (χ0) is 15.2. The van der Waals surface area contributed by atoms with Crippen molar-refractivity contribution in [3.05, 3.63) is 29.8 Å². The maximum Gasteiger partial charge on any atom is 0.223 e. The summed E-state index contributed by atoms with van der Waals surface area (Å²) in [5, 5.41) is 5.70. The number of nitrogens with two attached hydrogens (primary N) is 1. The van der Waals surface area contributed by atoms with Gasteiger partial charge in [0, 0.05) is 25.1 Å². The normalized spacial score (nSPS) is 21.0. The lowest BCUT2D eigenvalue weighted by atomic mass is 9.95. The highest BCUT2D eigenvalue weighted by atomic mass is 16.2. The second kappa shape index (κ2) is 7.22. The van der Waals surface area contributed by atoms with Crippen molar-refractivity contribution in [2.75, 3.05) is 11.9 Å². The fourth-order valence-electron chi connectivity index (χ4n) is 2.89. The van der Waals surface area contributed by atoms with Crippen LogP contribution < -0.4 is 16.4 Å². The summed E-state index contributed by atoms with van der Waals surface area (Å²) in [5.41, 5.74) is 7.49. The van der Waals surface area contributed by atoms with Crippen molar-refractivity contribution < 1.29 is 9.59 Å². The van der Waals surface area contributed by atoms with Gasteiger partial charge in [-0.2, -0.15) is 0 Å². The number of anilines is 1. The van der Waals surface area contributed by atoms with E-state index in [0.29, 0.717) is 19.0 Å². The molecule has 0 unspecified atom stereocenters. The lowest BCUT2D eigenvalue weighted by Gasteiger charge is -2.17. The van der Waals surface area contributed by atoms with Gasteiger partial charge in [-0.05, 0) is 43.0 Å². The zero-order valence-electron chi connectivity index (χ0n) is 12.4. The Kier molecular flexibility index (Phi) is 5.33. The van der Waals surface area contributed by atoms with Crippen LogP contribution in [0.15, 0.2) is 24.3 Å². The Morgan fingerprint density at radius 1 is 1.24 bits per heavy atom. The second-order valence-corrected chi connectivity index (χ2v) is 5.63. The van der Waals surface area contributed by atoms with Crippen LogP contribution in [0.2, 0.25) is 0 Å². The highest BCUT2D eigenvalue weighted by Gasteiger charge is 2.31. The quantitative estimate of drug-likeness (QED) is 0.770. The number of hydrogen-bond donors (Lipinski definition) is 3. The molecule has 1 saturated carbocycles. The molecule has 5 heteroatoms. The number of benzene rings is 1. The Labute approximate surface area is 125 Å². The molecule has 4 N–H and O–H groups in total. The number of nitrogens with one attached hydrogen (secondary N) is 2. The molecule has 0 heterocycles. The van der Waals surface area contributed by atoms with Gasteiger partial charge in [0.15, 0.2) is 0 Å². The molecule has 0 aromatic heterocycles. The van der Waals surface area contributed by atoms with Crippen LogP contribution in [-0.2, 0) is 16.1 Å². The van der Waals surface area contributed by atoms with Crippen molar-refractivity contribution >= 4 is 17.5 Å². The molecule has 1 aromatic rings. The first-order valence-corrected chi connectivity index (χ1v) is 7.44. The monoisotopic (exact) mass is 289 g/mol. The van der Waals surface area contributed by atoms with Gasteiger partial charge in [-0.3, -0.25) is 9.59 Å². The maximum atomic E-state index is 12.2. The summed E-state index contributed by atoms with van der Waals surface area (Å²) in [5.74, 6) is 0.403. The number of amides is 2. The largest absolute Gasteiger partial charge is 0.352 e. The first kappa shape index (κ1) is 15.5. The summed E-state index contributed by atoms with van der Waals surface area (Å²) in [6.45, 7) is 2.57. The third kappa shape index (κ3) is 4.29. The lowest BCUT2D eigenvalue weighted by molar-refractivity contribution is -0.126. The molecule has 0 radical (unpaired) electrons. The van der Waals surface area contributed by atoms with Crippen molar-refractivity contribution in [1.29, 1.82) is 0 Å². The number of carbonyl (C=O) groups excluding carboxylic acids is 2. The summed E-state index contributed by atoms with van der Waals surface area (Å²) in [4.78, 5) is 23.1. The Morgan fingerprint density at radius 3 is 2.57 bits per heavy atom. The van der Waals surface area contributed by atoms with Gasteiger partial charge in [0.2, 0.25) is 11.8 Å². The summed E-state index contributed by atoms with van der Waals surface area (Å²) in [6, 6.07) is 7.48. The van der Waals surface area contributed by atoms with E-state index >= 15 is 0 Å². The second-order valence-electron chi connectivity index (χ2n) is 5.63. The third-order valence-corrected chi connectivity index (χ3v) is 4.04. The topological polar surface area (TPSA) is 84.2 Å². The van der Waals surface area contributed by atoms with E-state index in [4.69, 9.17) is 5.73 Å². The van der Waals surface area contributed by atoms with E-state index in [1.54, 1.807) is 0 Å². The predicted molar refractivity (Wildman–Crippen MR) is 82.5 cm³/mol. The van der Waals surface area contributed by atoms with Crippen LogP contribution in [0, 0.1) is 11.8 Å². The Morgan fingerprint density at radius 2 is 1.95 bits per heavy atom. The van der Waals surface area contributed by atoms with Gasteiger partial charge < -0.3 is 16.4 Å². The van der Waals surface area contributed by atoms with Crippen molar-refractivity contribution in [1.82, 2.24) is 5.32 Å². The zero-order valence-corrected chi connectivity index (χ0v) is 12.4. The first-order valence-electron chi connectivity index (χ1n) is 7.44. The van der Waals surface area contributed by atoms with E-state index in [9.17, 15) is 9.59 Å². The fourth-order valence-corrected chi connectivity index (χ4v) is 2.89. The van der Waals surface area contributed by atoms with Crippen molar-refractivity contribution in [3.8, 4) is 0 Å². The van der Waals surface area contributed by atoms with E-state index in [1.807, 2.05) is 24.3 Å². The molecular formula is C16H23N3O2. The molecule has 21 heavy (non-hydrogen) atoms. The molecular weight excluding hydrogens is 266 g/mol. The highest BCUT2D eigenvalue weighted by Crippen LogP contribution is 2.30. The molecule has 0 saturated heterocycles. The van der Waals surface area contributed by atoms with Gasteiger partial charge in [0.25, 0.3) is 0 Å². The summed E-state index contributed by atoms with van der Waals surface area (Å²) in [7, 11) is 0. The first-order chi connectivity index (χ1) is 10.1. The highest BCUT2D eigenvalue weighted by molar-refractivity contribution is 5.88. The molecule has 1 aromatic carbocycles. The van der Waals surface area contributed by atoms with E-state index < -0.39 is 0 Å². The van der Waals surface area contributed by atoms with Crippen molar-refractivity contribution in [3.63, 3.8) is 0 Å². The van der Waals surface area contributed by atoms with Crippen LogP contribution in [0.25, 0.3) is 0 Å². The smallest absolute Gasteiger partial charge is 0.223 e. The van der Waals surface area contributed by atoms with Crippen LogP contribution in [-0.4, -0.2) is 18.4 Å². The molecule has 5 nitrogen and oxygen atoms in total. The summed E-state index contributed by atoms with van der Waals surface area (Å²) >= 11 is 0. The minimum Gasteiger partial charge on any atom is -0.352 e. The standard InChI is InChI=1S/C16H23N3O2/c1-11(20)19-14-7-5-12(6-8-14)10-18-16(21)15-4-2-3-13(15)9-17/h5-8,13,15H,2-4,9-10,17H2,1H3,(H,18,21)(H,19,20)/t13-,15-/m1/s1. The molecule has 2 atom stereocenters. The molecule has 1 aliphatic rings. The summed E-state index contributed by atoms with van der Waals surface area (Å²) in [6.07, 6.45) is 3.08. The molecule has 2 amide bonds. The van der Waals surface area contributed by atoms with Crippen molar-refractivity contribution in [2.45, 2.75) is 32.7 Å². The van der Waals surface area contributed by atoms with Gasteiger partial charge in [-0.15, -0.1) is 0 Å². The summed E-state index contributed by atoms with van der Waals surface area (Å²) < 4.78 is 0. The lowest BCUT2D eigenvalue weighted by Crippen LogP contribution is -2.34. The van der Waals surface area contributed by atoms with Gasteiger partial charge in [0.1, 0.15) is 0 Å². The minimum atomic E-state index is -0.0925. The molecule has 0 spiro atoms. The third-order valence-electron chi connectivity index (χ3n) is 4.04. The predicted octanol–water partition coefficient (Wildman–Crippen LogP) is 1.64.